The highest BCUT2D eigenvalue weighted by Crippen LogP contribution is 2.49. The first kappa shape index (κ1) is 29.0. The zero-order valence-electron chi connectivity index (χ0n) is 27.0. The molecule has 7 aromatic carbocycles. The molecule has 1 aliphatic rings. The Kier molecular flexibility index (Phi) is 7.52. The fourth-order valence-electron chi connectivity index (χ4n) is 8.13. The van der Waals surface area contributed by atoms with Crippen molar-refractivity contribution < 1.29 is 0 Å². The van der Waals surface area contributed by atoms with Crippen LogP contribution in [0.3, 0.4) is 0 Å². The minimum Gasteiger partial charge on any atom is -0.309 e. The number of rotatable bonds is 6. The van der Waals surface area contributed by atoms with Gasteiger partial charge in [-0.1, -0.05) is 141 Å². The summed E-state index contributed by atoms with van der Waals surface area (Å²) in [4.78, 5) is 2.49. The number of anilines is 3. The summed E-state index contributed by atoms with van der Waals surface area (Å²) in [6.45, 7) is 0. The van der Waals surface area contributed by atoms with E-state index in [0.717, 1.165) is 5.69 Å². The quantitative estimate of drug-likeness (QED) is 0.176. The molecule has 1 aliphatic carbocycles. The third-order valence-electron chi connectivity index (χ3n) is 10.3. The molecule has 48 heavy (non-hydrogen) atoms. The van der Waals surface area contributed by atoms with Gasteiger partial charge in [0.05, 0.1) is 11.4 Å². The molecular formula is C46H37NS. The molecule has 1 nitrogen and oxygen atoms in total. The van der Waals surface area contributed by atoms with Gasteiger partial charge in [0.25, 0.3) is 0 Å². The largest absolute Gasteiger partial charge is 0.309 e. The average Bonchev–Trinajstić information content (AvgIpc) is 3.55. The van der Waals surface area contributed by atoms with E-state index in [4.69, 9.17) is 0 Å². The second-order valence-electron chi connectivity index (χ2n) is 13.1. The van der Waals surface area contributed by atoms with Crippen LogP contribution in [0.1, 0.15) is 43.6 Å². The number of hydrogen-bond donors (Lipinski definition) is 0. The molecule has 1 heterocycles. The molecule has 232 valence electrons. The Labute approximate surface area is 286 Å². The monoisotopic (exact) mass is 635 g/mol. The molecule has 0 amide bonds. The summed E-state index contributed by atoms with van der Waals surface area (Å²) in [6.07, 6.45) is 6.56. The number of para-hydroxylation sites is 3. The smallest absolute Gasteiger partial charge is 0.0540 e. The number of nitrogens with zero attached hydrogens (tertiary/aromatic N) is 1. The fraction of sp³-hybridized carbons (Fsp3) is 0.130. The lowest BCUT2D eigenvalue weighted by atomic mass is 9.80. The topological polar surface area (TPSA) is 3.24 Å². The van der Waals surface area contributed by atoms with Gasteiger partial charge in [-0.05, 0) is 82.6 Å². The third kappa shape index (κ3) is 5.00. The van der Waals surface area contributed by atoms with Gasteiger partial charge >= 0.3 is 0 Å². The van der Waals surface area contributed by atoms with Gasteiger partial charge in [0.1, 0.15) is 0 Å². The lowest BCUT2D eigenvalue weighted by molar-refractivity contribution is 0.445. The number of hydrogen-bond acceptors (Lipinski definition) is 2. The van der Waals surface area contributed by atoms with Crippen LogP contribution in [0.4, 0.5) is 17.1 Å². The van der Waals surface area contributed by atoms with Gasteiger partial charge in [0, 0.05) is 37.0 Å². The molecule has 0 atom stereocenters. The molecule has 9 rings (SSSR count). The summed E-state index contributed by atoms with van der Waals surface area (Å²) < 4.78 is 2.65. The van der Waals surface area contributed by atoms with Crippen LogP contribution in [0.2, 0.25) is 0 Å². The van der Waals surface area contributed by atoms with Crippen LogP contribution in [0, 0.1) is 0 Å². The highest BCUT2D eigenvalue weighted by molar-refractivity contribution is 7.25. The van der Waals surface area contributed by atoms with Gasteiger partial charge in [-0.15, -0.1) is 11.3 Å². The molecule has 0 spiro atoms. The second kappa shape index (κ2) is 12.4. The van der Waals surface area contributed by atoms with E-state index in [1.807, 2.05) is 11.3 Å². The van der Waals surface area contributed by atoms with Crippen molar-refractivity contribution >= 4 is 59.3 Å². The van der Waals surface area contributed by atoms with E-state index in [2.05, 4.69) is 163 Å². The van der Waals surface area contributed by atoms with Crippen molar-refractivity contribution in [2.24, 2.45) is 0 Å². The van der Waals surface area contributed by atoms with Crippen LogP contribution in [0.25, 0.3) is 53.2 Å². The van der Waals surface area contributed by atoms with Crippen molar-refractivity contribution in [3.05, 3.63) is 163 Å². The Morgan fingerprint density at radius 1 is 0.438 bits per heavy atom. The molecule has 1 saturated carbocycles. The molecule has 0 saturated heterocycles. The van der Waals surface area contributed by atoms with E-state index < -0.39 is 0 Å². The van der Waals surface area contributed by atoms with E-state index in [-0.39, 0.29) is 0 Å². The Morgan fingerprint density at radius 3 is 1.75 bits per heavy atom. The number of fused-ring (bicyclic) bond motifs is 4. The molecule has 1 aromatic heterocycles. The lowest BCUT2D eigenvalue weighted by Crippen LogP contribution is -2.12. The van der Waals surface area contributed by atoms with Crippen molar-refractivity contribution in [3.63, 3.8) is 0 Å². The van der Waals surface area contributed by atoms with Crippen molar-refractivity contribution in [1.29, 1.82) is 0 Å². The first-order chi connectivity index (χ1) is 23.8. The van der Waals surface area contributed by atoms with Crippen molar-refractivity contribution in [2.75, 3.05) is 4.90 Å². The van der Waals surface area contributed by atoms with Crippen LogP contribution in [-0.2, 0) is 0 Å². The predicted octanol–water partition coefficient (Wildman–Crippen LogP) is 14.1. The minimum atomic E-state index is 0.614. The molecule has 0 aliphatic heterocycles. The van der Waals surface area contributed by atoms with Crippen molar-refractivity contribution in [1.82, 2.24) is 0 Å². The molecule has 8 aromatic rings. The van der Waals surface area contributed by atoms with Crippen LogP contribution >= 0.6 is 11.3 Å². The maximum atomic E-state index is 2.49. The summed E-state index contributed by atoms with van der Waals surface area (Å²) in [6, 6.07) is 58.3. The van der Waals surface area contributed by atoms with Crippen LogP contribution in [-0.4, -0.2) is 0 Å². The third-order valence-corrected chi connectivity index (χ3v) is 11.4. The summed E-state index contributed by atoms with van der Waals surface area (Å²) in [7, 11) is 0. The van der Waals surface area contributed by atoms with E-state index in [1.54, 1.807) is 0 Å². The van der Waals surface area contributed by atoms with Crippen LogP contribution in [0.15, 0.2) is 158 Å². The van der Waals surface area contributed by atoms with Gasteiger partial charge in [-0.3, -0.25) is 0 Å². The van der Waals surface area contributed by atoms with Gasteiger partial charge in [0.2, 0.25) is 0 Å². The molecule has 1 fully saturated rings. The van der Waals surface area contributed by atoms with Gasteiger partial charge in [-0.2, -0.15) is 0 Å². The molecule has 2 heteroatoms. The van der Waals surface area contributed by atoms with Crippen molar-refractivity contribution in [2.45, 2.75) is 38.0 Å². The maximum absolute atomic E-state index is 2.49. The summed E-state index contributed by atoms with van der Waals surface area (Å²) >= 11 is 1.88. The average molecular weight is 636 g/mol. The Balaban J connectivity index is 1.30. The van der Waals surface area contributed by atoms with E-state index >= 15 is 0 Å². The zero-order valence-corrected chi connectivity index (χ0v) is 27.8. The normalized spacial score (nSPS) is 13.8. The molecular weight excluding hydrogens is 599 g/mol. The van der Waals surface area contributed by atoms with E-state index in [9.17, 15) is 0 Å². The van der Waals surface area contributed by atoms with Crippen LogP contribution < -0.4 is 4.90 Å². The standard InChI is InChI=1S/C46H37NS/c1-3-16-32(17-4-1)35-25-13-18-33-19-14-26-38(45(33)35)36-22-7-10-28-41(36)47(34-20-5-2-6-21-34)42-29-11-8-23-37(42)39-27-15-31-44-46(39)40-24-9-12-30-43(40)48-44/h2,5-15,18-32H,1,3-4,16-17H2. The van der Waals surface area contributed by atoms with Crippen LogP contribution in [0.5, 0.6) is 0 Å². The van der Waals surface area contributed by atoms with Gasteiger partial charge < -0.3 is 4.90 Å². The first-order valence-corrected chi connectivity index (χ1v) is 18.1. The summed E-state index contributed by atoms with van der Waals surface area (Å²) in [5, 5.41) is 5.39. The second-order valence-corrected chi connectivity index (χ2v) is 14.2. The highest BCUT2D eigenvalue weighted by Gasteiger charge is 2.24. The highest BCUT2D eigenvalue weighted by atomic mass is 32.1. The maximum Gasteiger partial charge on any atom is 0.0540 e. The van der Waals surface area contributed by atoms with E-state index in [1.165, 1.54) is 102 Å². The Morgan fingerprint density at radius 2 is 1.00 bits per heavy atom. The summed E-state index contributed by atoms with van der Waals surface area (Å²) in [5.74, 6) is 0.614. The Hall–Kier alpha value is -5.18. The number of benzene rings is 7. The zero-order chi connectivity index (χ0) is 31.9. The first-order valence-electron chi connectivity index (χ1n) is 17.3. The van der Waals surface area contributed by atoms with E-state index in [0.29, 0.717) is 5.92 Å². The molecule has 0 N–H and O–H groups in total. The SMILES string of the molecule is c1ccc(N(c2ccccc2-c2cccc3cccc(C4CCCCC4)c23)c2ccccc2-c2cccc3sc4ccccc4c23)cc1. The molecule has 0 unspecified atom stereocenters. The number of thiophene rings is 1. The molecule has 0 bridgehead atoms. The summed E-state index contributed by atoms with van der Waals surface area (Å²) in [5.41, 5.74) is 10.1. The van der Waals surface area contributed by atoms with Gasteiger partial charge in [-0.25, -0.2) is 0 Å². The lowest BCUT2D eigenvalue weighted by Gasteiger charge is -2.30. The fourth-order valence-corrected chi connectivity index (χ4v) is 9.26. The van der Waals surface area contributed by atoms with Gasteiger partial charge in [0.15, 0.2) is 0 Å². The minimum absolute atomic E-state index is 0.614. The molecule has 0 radical (unpaired) electrons. The van der Waals surface area contributed by atoms with Crippen molar-refractivity contribution in [3.8, 4) is 22.3 Å². The Bertz CT molecular complexity index is 2390. The predicted molar refractivity (Wildman–Crippen MR) is 208 cm³/mol.